The summed E-state index contributed by atoms with van der Waals surface area (Å²) in [6, 6.07) is 15.5. The Balaban J connectivity index is 1.43. The topological polar surface area (TPSA) is 70.2 Å². The molecule has 1 fully saturated rings. The Kier molecular flexibility index (Phi) is 7.76. The van der Waals surface area contributed by atoms with Crippen molar-refractivity contribution in [3.63, 3.8) is 0 Å². The molecule has 0 spiro atoms. The highest BCUT2D eigenvalue weighted by molar-refractivity contribution is 5.83. The maximum Gasteiger partial charge on any atom is 0.433 e. The van der Waals surface area contributed by atoms with Crippen molar-refractivity contribution >= 4 is 23.2 Å². The number of pyridine rings is 2. The van der Waals surface area contributed by atoms with Crippen LogP contribution in [0.4, 0.5) is 30.5 Å². The van der Waals surface area contributed by atoms with Crippen molar-refractivity contribution in [1.29, 1.82) is 0 Å². The molecule has 1 unspecified atom stereocenters. The van der Waals surface area contributed by atoms with Crippen LogP contribution in [-0.4, -0.2) is 29.0 Å². The molecule has 1 atom stereocenters. The van der Waals surface area contributed by atoms with Gasteiger partial charge in [0.15, 0.2) is 0 Å². The number of alkyl halides is 3. The SMILES string of the molecule is CC1CCN(c2nc(C(F)(F)F)ccc2CNC(=O)C(C)c2ccc(Nc3ccccn3)cc2)CC1. The fourth-order valence-electron chi connectivity index (χ4n) is 4.19. The quantitative estimate of drug-likeness (QED) is 0.426. The van der Waals surface area contributed by atoms with E-state index in [2.05, 4.69) is 27.5 Å². The van der Waals surface area contributed by atoms with Crippen LogP contribution in [0, 0.1) is 5.92 Å². The first-order chi connectivity index (χ1) is 17.2. The third-order valence-corrected chi connectivity index (χ3v) is 6.52. The summed E-state index contributed by atoms with van der Waals surface area (Å²) in [5.74, 6) is 0.908. The summed E-state index contributed by atoms with van der Waals surface area (Å²) in [7, 11) is 0. The number of carbonyl (C=O) groups is 1. The maximum absolute atomic E-state index is 13.3. The third kappa shape index (κ3) is 6.33. The van der Waals surface area contributed by atoms with Gasteiger partial charge < -0.3 is 15.5 Å². The number of anilines is 3. The number of amides is 1. The lowest BCUT2D eigenvalue weighted by Crippen LogP contribution is -2.35. The third-order valence-electron chi connectivity index (χ3n) is 6.52. The van der Waals surface area contributed by atoms with Gasteiger partial charge in [-0.2, -0.15) is 13.2 Å². The van der Waals surface area contributed by atoms with Crippen molar-refractivity contribution in [1.82, 2.24) is 15.3 Å². The molecule has 0 radical (unpaired) electrons. The lowest BCUT2D eigenvalue weighted by atomic mass is 9.98. The van der Waals surface area contributed by atoms with Crippen LogP contribution in [-0.2, 0) is 17.5 Å². The predicted octanol–water partition coefficient (Wildman–Crippen LogP) is 5.90. The molecule has 0 aliphatic carbocycles. The molecule has 2 aromatic heterocycles. The van der Waals surface area contributed by atoms with Crippen molar-refractivity contribution in [2.45, 2.75) is 45.3 Å². The van der Waals surface area contributed by atoms with Gasteiger partial charge >= 0.3 is 6.18 Å². The Morgan fingerprint density at radius 1 is 1.08 bits per heavy atom. The van der Waals surface area contributed by atoms with Gasteiger partial charge in [-0.1, -0.05) is 31.2 Å². The molecule has 6 nitrogen and oxygen atoms in total. The van der Waals surface area contributed by atoms with Crippen LogP contribution in [0.5, 0.6) is 0 Å². The molecule has 3 heterocycles. The van der Waals surface area contributed by atoms with E-state index in [1.807, 2.05) is 47.4 Å². The van der Waals surface area contributed by atoms with Gasteiger partial charge in [0.05, 0.1) is 5.92 Å². The minimum absolute atomic E-state index is 0.106. The van der Waals surface area contributed by atoms with Crippen LogP contribution in [0.25, 0.3) is 0 Å². The second-order valence-electron chi connectivity index (χ2n) is 9.25. The fraction of sp³-hybridized carbons (Fsp3) is 0.370. The first-order valence-corrected chi connectivity index (χ1v) is 12.1. The standard InChI is InChI=1S/C27H30F3N5O/c1-18-12-15-35(16-13-18)25-21(8-11-23(34-25)27(28,29)30)17-32-26(36)19(2)20-6-9-22(10-7-20)33-24-5-3-4-14-31-24/h3-11,14,18-19H,12-13,15-17H2,1-2H3,(H,31,33)(H,32,36). The second-order valence-corrected chi connectivity index (χ2v) is 9.25. The van der Waals surface area contributed by atoms with Crippen molar-refractivity contribution in [3.8, 4) is 0 Å². The zero-order valence-corrected chi connectivity index (χ0v) is 20.3. The zero-order chi connectivity index (χ0) is 25.7. The summed E-state index contributed by atoms with van der Waals surface area (Å²) in [6.45, 7) is 5.33. The molecule has 1 aliphatic heterocycles. The number of hydrogen-bond donors (Lipinski definition) is 2. The molecule has 36 heavy (non-hydrogen) atoms. The normalized spacial score (nSPS) is 15.4. The summed E-state index contributed by atoms with van der Waals surface area (Å²) >= 11 is 0. The van der Waals surface area contributed by atoms with E-state index in [4.69, 9.17) is 0 Å². The summed E-state index contributed by atoms with van der Waals surface area (Å²) in [5.41, 5.74) is 1.34. The molecular weight excluding hydrogens is 467 g/mol. The minimum atomic E-state index is -4.52. The van der Waals surface area contributed by atoms with E-state index in [1.54, 1.807) is 13.1 Å². The van der Waals surface area contributed by atoms with E-state index >= 15 is 0 Å². The minimum Gasteiger partial charge on any atom is -0.356 e. The van der Waals surface area contributed by atoms with Gasteiger partial charge in [-0.3, -0.25) is 4.79 Å². The van der Waals surface area contributed by atoms with Crippen LogP contribution in [0.15, 0.2) is 60.8 Å². The average Bonchev–Trinajstić information content (AvgIpc) is 2.88. The highest BCUT2D eigenvalue weighted by Gasteiger charge is 2.34. The van der Waals surface area contributed by atoms with E-state index in [1.165, 1.54) is 6.07 Å². The van der Waals surface area contributed by atoms with Gasteiger partial charge in [0, 0.05) is 37.1 Å². The smallest absolute Gasteiger partial charge is 0.356 e. The molecule has 9 heteroatoms. The van der Waals surface area contributed by atoms with Gasteiger partial charge in [0.2, 0.25) is 5.91 Å². The van der Waals surface area contributed by atoms with Gasteiger partial charge in [0.25, 0.3) is 0 Å². The molecule has 1 aromatic carbocycles. The Labute approximate surface area is 209 Å². The molecule has 2 N–H and O–H groups in total. The van der Waals surface area contributed by atoms with Crippen molar-refractivity contribution in [3.05, 3.63) is 77.6 Å². The molecule has 3 aromatic rings. The zero-order valence-electron chi connectivity index (χ0n) is 20.3. The summed E-state index contributed by atoms with van der Waals surface area (Å²) < 4.78 is 40.0. The number of nitrogens with one attached hydrogen (secondary N) is 2. The fourth-order valence-corrected chi connectivity index (χ4v) is 4.19. The lowest BCUT2D eigenvalue weighted by molar-refractivity contribution is -0.141. The molecule has 0 bridgehead atoms. The van der Waals surface area contributed by atoms with Crippen molar-refractivity contribution < 1.29 is 18.0 Å². The number of benzene rings is 1. The Hall–Kier alpha value is -3.62. The van der Waals surface area contributed by atoms with E-state index in [9.17, 15) is 18.0 Å². The van der Waals surface area contributed by atoms with Gasteiger partial charge in [-0.25, -0.2) is 9.97 Å². The highest BCUT2D eigenvalue weighted by Crippen LogP contribution is 2.32. The number of piperidine rings is 1. The molecule has 1 saturated heterocycles. The molecular formula is C27H30F3N5O. The molecule has 1 amide bonds. The van der Waals surface area contributed by atoms with Gasteiger partial charge in [-0.05, 0) is 61.6 Å². The number of nitrogens with zero attached hydrogens (tertiary/aromatic N) is 3. The van der Waals surface area contributed by atoms with Gasteiger partial charge in [-0.15, -0.1) is 0 Å². The number of aromatic nitrogens is 2. The van der Waals surface area contributed by atoms with E-state index in [0.717, 1.165) is 36.0 Å². The van der Waals surface area contributed by atoms with E-state index < -0.39 is 17.8 Å². The van der Waals surface area contributed by atoms with Crippen LogP contribution < -0.4 is 15.5 Å². The summed E-state index contributed by atoms with van der Waals surface area (Å²) in [5, 5.41) is 6.08. The van der Waals surface area contributed by atoms with Crippen molar-refractivity contribution in [2.75, 3.05) is 23.3 Å². The van der Waals surface area contributed by atoms with Crippen LogP contribution >= 0.6 is 0 Å². The Bertz CT molecular complexity index is 1160. The first-order valence-electron chi connectivity index (χ1n) is 12.1. The summed E-state index contributed by atoms with van der Waals surface area (Å²) in [6.07, 6.45) is -1.03. The van der Waals surface area contributed by atoms with Crippen LogP contribution in [0.1, 0.15) is 49.4 Å². The van der Waals surface area contributed by atoms with E-state index in [0.29, 0.717) is 30.4 Å². The molecule has 190 valence electrons. The monoisotopic (exact) mass is 497 g/mol. The maximum atomic E-state index is 13.3. The molecule has 0 saturated carbocycles. The van der Waals surface area contributed by atoms with Gasteiger partial charge in [0.1, 0.15) is 17.3 Å². The van der Waals surface area contributed by atoms with Crippen LogP contribution in [0.2, 0.25) is 0 Å². The first kappa shape index (κ1) is 25.5. The molecule has 4 rings (SSSR count). The number of rotatable bonds is 7. The average molecular weight is 498 g/mol. The predicted molar refractivity (Wildman–Crippen MR) is 134 cm³/mol. The molecule has 1 aliphatic rings. The lowest BCUT2D eigenvalue weighted by Gasteiger charge is -2.33. The Morgan fingerprint density at radius 3 is 2.44 bits per heavy atom. The number of halogens is 3. The highest BCUT2D eigenvalue weighted by atomic mass is 19.4. The number of carbonyl (C=O) groups excluding carboxylic acids is 1. The van der Waals surface area contributed by atoms with Crippen LogP contribution in [0.3, 0.4) is 0 Å². The van der Waals surface area contributed by atoms with Crippen molar-refractivity contribution in [2.24, 2.45) is 5.92 Å². The largest absolute Gasteiger partial charge is 0.433 e. The summed E-state index contributed by atoms with van der Waals surface area (Å²) in [4.78, 5) is 23.0. The Morgan fingerprint density at radius 2 is 1.81 bits per heavy atom. The van der Waals surface area contributed by atoms with E-state index in [-0.39, 0.29) is 12.5 Å². The number of hydrogen-bond acceptors (Lipinski definition) is 5. The second kappa shape index (κ2) is 11.0.